The van der Waals surface area contributed by atoms with E-state index in [9.17, 15) is 17.6 Å². The van der Waals surface area contributed by atoms with Gasteiger partial charge in [-0.1, -0.05) is 11.6 Å². The van der Waals surface area contributed by atoms with Gasteiger partial charge in [-0.05, 0) is 53.2 Å². The maximum Gasteiger partial charge on any atom is 0.271 e. The standard InChI is InChI=1S/C16H14BrClFNO5S/c1-2-24-15-6-4-11(8-12(15)17)26(22,23)20-16(21)9-25-10-3-5-14(19)13(18)7-10/h3-8H,2,9H2,1H3,(H,20,21). The van der Waals surface area contributed by atoms with Crippen LogP contribution in [-0.4, -0.2) is 27.5 Å². The normalized spacial score (nSPS) is 11.1. The molecule has 2 aromatic carbocycles. The summed E-state index contributed by atoms with van der Waals surface area (Å²) in [5.41, 5.74) is 0. The van der Waals surface area contributed by atoms with E-state index in [0.717, 1.165) is 6.07 Å². The molecule has 10 heteroatoms. The van der Waals surface area contributed by atoms with Crippen LogP contribution in [0.25, 0.3) is 0 Å². The molecule has 0 unspecified atom stereocenters. The highest BCUT2D eigenvalue weighted by atomic mass is 79.9. The quantitative estimate of drug-likeness (QED) is 0.675. The minimum atomic E-state index is -4.08. The summed E-state index contributed by atoms with van der Waals surface area (Å²) < 4.78 is 50.3. The molecule has 2 aromatic rings. The molecule has 140 valence electrons. The van der Waals surface area contributed by atoms with Gasteiger partial charge in [-0.25, -0.2) is 17.5 Å². The molecule has 6 nitrogen and oxygen atoms in total. The number of halogens is 3. The van der Waals surface area contributed by atoms with E-state index >= 15 is 0 Å². The lowest BCUT2D eigenvalue weighted by molar-refractivity contribution is -0.121. The number of nitrogens with one attached hydrogen (secondary N) is 1. The lowest BCUT2D eigenvalue weighted by Crippen LogP contribution is -2.34. The van der Waals surface area contributed by atoms with Crippen molar-refractivity contribution in [2.24, 2.45) is 0 Å². The Bertz CT molecular complexity index is 923. The molecule has 0 aliphatic carbocycles. The molecular weight excluding hydrogens is 453 g/mol. The number of carbonyl (C=O) groups excluding carboxylic acids is 1. The van der Waals surface area contributed by atoms with E-state index in [2.05, 4.69) is 15.9 Å². The van der Waals surface area contributed by atoms with E-state index in [4.69, 9.17) is 21.1 Å². The van der Waals surface area contributed by atoms with Crippen molar-refractivity contribution in [3.05, 3.63) is 51.7 Å². The van der Waals surface area contributed by atoms with Gasteiger partial charge in [-0.15, -0.1) is 0 Å². The zero-order valence-corrected chi connectivity index (χ0v) is 16.6. The van der Waals surface area contributed by atoms with E-state index < -0.39 is 28.4 Å². The van der Waals surface area contributed by atoms with Crippen molar-refractivity contribution in [1.29, 1.82) is 0 Å². The highest BCUT2D eigenvalue weighted by Gasteiger charge is 2.19. The van der Waals surface area contributed by atoms with Gasteiger partial charge in [0.25, 0.3) is 15.9 Å². The second kappa shape index (κ2) is 8.70. The molecule has 0 aromatic heterocycles. The number of amides is 1. The molecule has 1 N–H and O–H groups in total. The van der Waals surface area contributed by atoms with Crippen molar-refractivity contribution < 1.29 is 27.1 Å². The number of ether oxygens (including phenoxy) is 2. The van der Waals surface area contributed by atoms with Gasteiger partial charge in [0, 0.05) is 6.07 Å². The van der Waals surface area contributed by atoms with E-state index in [1.165, 1.54) is 30.3 Å². The monoisotopic (exact) mass is 465 g/mol. The second-order valence-corrected chi connectivity index (χ2v) is 7.86. The summed E-state index contributed by atoms with van der Waals surface area (Å²) in [5, 5.41) is -0.172. The molecule has 1 amide bonds. The van der Waals surface area contributed by atoms with E-state index in [1.54, 1.807) is 6.92 Å². The third kappa shape index (κ3) is 5.33. The summed E-state index contributed by atoms with van der Waals surface area (Å²) in [6.45, 7) is 1.64. The summed E-state index contributed by atoms with van der Waals surface area (Å²) in [4.78, 5) is 11.7. The van der Waals surface area contributed by atoms with Crippen molar-refractivity contribution in [2.75, 3.05) is 13.2 Å². The zero-order chi connectivity index (χ0) is 19.3. The SMILES string of the molecule is CCOc1ccc(S(=O)(=O)NC(=O)COc2ccc(F)c(Cl)c2)cc1Br. The third-order valence-corrected chi connectivity index (χ3v) is 5.30. The maximum atomic E-state index is 13.1. The number of benzene rings is 2. The number of hydrogen-bond acceptors (Lipinski definition) is 5. The first-order valence-electron chi connectivity index (χ1n) is 7.28. The maximum absolute atomic E-state index is 13.1. The predicted octanol–water partition coefficient (Wildman–Crippen LogP) is 3.52. The van der Waals surface area contributed by atoms with Crippen LogP contribution in [0.3, 0.4) is 0 Å². The summed E-state index contributed by atoms with van der Waals surface area (Å²) in [7, 11) is -4.08. The van der Waals surface area contributed by atoms with Crippen LogP contribution in [0.1, 0.15) is 6.92 Å². The predicted molar refractivity (Wildman–Crippen MR) is 97.5 cm³/mol. The Morgan fingerprint density at radius 3 is 2.58 bits per heavy atom. The molecule has 0 fully saturated rings. The van der Waals surface area contributed by atoms with Crippen LogP contribution in [0.4, 0.5) is 4.39 Å². The molecule has 2 rings (SSSR count). The smallest absolute Gasteiger partial charge is 0.271 e. The zero-order valence-electron chi connectivity index (χ0n) is 13.5. The first-order chi connectivity index (χ1) is 12.2. The average Bonchev–Trinajstić information content (AvgIpc) is 2.57. The molecular formula is C16H14BrClFNO5S. The molecule has 0 bridgehead atoms. The fraction of sp³-hybridized carbons (Fsp3) is 0.188. The lowest BCUT2D eigenvalue weighted by atomic mass is 10.3. The molecule has 0 spiro atoms. The fourth-order valence-corrected chi connectivity index (χ4v) is 3.69. The van der Waals surface area contributed by atoms with Gasteiger partial charge < -0.3 is 9.47 Å². The highest BCUT2D eigenvalue weighted by Crippen LogP contribution is 2.27. The van der Waals surface area contributed by atoms with Gasteiger partial charge in [0.05, 0.1) is 21.0 Å². The second-order valence-electron chi connectivity index (χ2n) is 4.92. The van der Waals surface area contributed by atoms with Crippen LogP contribution < -0.4 is 14.2 Å². The van der Waals surface area contributed by atoms with Gasteiger partial charge in [0.2, 0.25) is 0 Å². The number of hydrogen-bond donors (Lipinski definition) is 1. The topological polar surface area (TPSA) is 81.7 Å². The van der Waals surface area contributed by atoms with Crippen LogP contribution in [0.15, 0.2) is 45.8 Å². The minimum Gasteiger partial charge on any atom is -0.493 e. The van der Waals surface area contributed by atoms with Crippen molar-refractivity contribution in [3.8, 4) is 11.5 Å². The van der Waals surface area contributed by atoms with Gasteiger partial charge in [-0.2, -0.15) is 0 Å². The fourth-order valence-electron chi connectivity index (χ4n) is 1.88. The van der Waals surface area contributed by atoms with Gasteiger partial charge in [-0.3, -0.25) is 4.79 Å². The van der Waals surface area contributed by atoms with Crippen molar-refractivity contribution in [3.63, 3.8) is 0 Å². The molecule has 0 saturated heterocycles. The van der Waals surface area contributed by atoms with Gasteiger partial charge in [0.15, 0.2) is 6.61 Å². The Balaban J connectivity index is 2.02. The Labute approximate surface area is 163 Å². The van der Waals surface area contributed by atoms with Gasteiger partial charge in [0.1, 0.15) is 17.3 Å². The molecule has 0 heterocycles. The van der Waals surface area contributed by atoms with Crippen LogP contribution >= 0.6 is 27.5 Å². The molecule has 0 atom stereocenters. The largest absolute Gasteiger partial charge is 0.493 e. The number of rotatable bonds is 7. The van der Waals surface area contributed by atoms with Crippen LogP contribution in [0.2, 0.25) is 5.02 Å². The Kier molecular flexibility index (Phi) is 6.85. The van der Waals surface area contributed by atoms with Crippen LogP contribution in [0.5, 0.6) is 11.5 Å². The van der Waals surface area contributed by atoms with Gasteiger partial charge >= 0.3 is 0 Å². The van der Waals surface area contributed by atoms with Crippen molar-refractivity contribution >= 4 is 43.5 Å². The molecule has 0 aliphatic heterocycles. The molecule has 0 aliphatic rings. The molecule has 26 heavy (non-hydrogen) atoms. The Morgan fingerprint density at radius 2 is 1.96 bits per heavy atom. The van der Waals surface area contributed by atoms with E-state index in [0.29, 0.717) is 16.8 Å². The Hall–Kier alpha value is -1.84. The minimum absolute atomic E-state index is 0.119. The lowest BCUT2D eigenvalue weighted by Gasteiger charge is -2.11. The highest BCUT2D eigenvalue weighted by molar-refractivity contribution is 9.10. The van der Waals surface area contributed by atoms with Crippen molar-refractivity contribution in [1.82, 2.24) is 4.72 Å². The summed E-state index contributed by atoms with van der Waals surface area (Å²) in [6, 6.07) is 7.63. The van der Waals surface area contributed by atoms with Crippen molar-refractivity contribution in [2.45, 2.75) is 11.8 Å². The summed E-state index contributed by atoms with van der Waals surface area (Å²) >= 11 is 8.81. The van der Waals surface area contributed by atoms with E-state index in [1.807, 2.05) is 4.72 Å². The first kappa shape index (κ1) is 20.5. The summed E-state index contributed by atoms with van der Waals surface area (Å²) in [6.07, 6.45) is 0. The Morgan fingerprint density at radius 1 is 1.23 bits per heavy atom. The number of sulfonamides is 1. The third-order valence-electron chi connectivity index (χ3n) is 3.02. The molecule has 0 saturated carbocycles. The molecule has 0 radical (unpaired) electrons. The summed E-state index contributed by atoms with van der Waals surface area (Å²) in [5.74, 6) is -0.912. The van der Waals surface area contributed by atoms with Crippen LogP contribution in [-0.2, 0) is 14.8 Å². The number of carbonyl (C=O) groups is 1. The average molecular weight is 467 g/mol. The first-order valence-corrected chi connectivity index (χ1v) is 9.94. The van der Waals surface area contributed by atoms with Crippen LogP contribution in [0, 0.1) is 5.82 Å². The van der Waals surface area contributed by atoms with E-state index in [-0.39, 0.29) is 15.7 Å².